The molecule has 0 aliphatic carbocycles. The van der Waals surface area contributed by atoms with E-state index in [4.69, 9.17) is 4.98 Å². The maximum absolute atomic E-state index is 11.7. The van der Waals surface area contributed by atoms with Crippen molar-refractivity contribution in [3.63, 3.8) is 0 Å². The molecule has 2 aromatic heterocycles. The summed E-state index contributed by atoms with van der Waals surface area (Å²) in [5, 5.41) is 5.57. The van der Waals surface area contributed by atoms with Crippen molar-refractivity contribution in [1.29, 1.82) is 0 Å². The largest absolute Gasteiger partial charge is 0.359 e. The molecule has 1 atom stereocenters. The monoisotopic (exact) mass is 326 g/mol. The number of nitrogens with zero attached hydrogens (tertiary/aromatic N) is 3. The molecule has 5 nitrogen and oxygen atoms in total. The first-order valence-electron chi connectivity index (χ1n) is 7.43. The van der Waals surface area contributed by atoms with Gasteiger partial charge in [0.2, 0.25) is 5.91 Å². The molecule has 0 saturated carbocycles. The van der Waals surface area contributed by atoms with E-state index in [1.54, 1.807) is 24.6 Å². The Bertz CT molecular complexity index is 794. The zero-order valence-electron chi connectivity index (χ0n) is 13.1. The molecule has 0 aliphatic heterocycles. The van der Waals surface area contributed by atoms with Crippen molar-refractivity contribution >= 4 is 17.2 Å². The van der Waals surface area contributed by atoms with Crippen LogP contribution < -0.4 is 5.32 Å². The van der Waals surface area contributed by atoms with Gasteiger partial charge in [0.15, 0.2) is 10.8 Å². The van der Waals surface area contributed by atoms with Crippen molar-refractivity contribution in [3.05, 3.63) is 48.1 Å². The molecule has 0 bridgehead atoms. The first-order chi connectivity index (χ1) is 11.2. The Kier molecular flexibility index (Phi) is 4.52. The van der Waals surface area contributed by atoms with E-state index in [9.17, 15) is 4.79 Å². The van der Waals surface area contributed by atoms with Crippen LogP contribution in [0.15, 0.2) is 48.1 Å². The lowest BCUT2D eigenvalue weighted by Gasteiger charge is -2.12. The molecule has 2 heterocycles. The summed E-state index contributed by atoms with van der Waals surface area (Å²) >= 11 is 1.56. The number of nitrogens with one attached hydrogen (secondary N) is 1. The highest BCUT2D eigenvalue weighted by molar-refractivity contribution is 7.13. The van der Waals surface area contributed by atoms with Crippen molar-refractivity contribution < 1.29 is 4.79 Å². The van der Waals surface area contributed by atoms with Crippen LogP contribution in [-0.2, 0) is 11.3 Å². The third-order valence-electron chi connectivity index (χ3n) is 3.65. The molecule has 0 fully saturated rings. The number of aromatic nitrogens is 3. The van der Waals surface area contributed by atoms with Gasteiger partial charge >= 0.3 is 0 Å². The standard InChI is InChI=1S/C17H18N4OS/c1-12(16(22)18-2)10-21-9-8-19-15(21)17-20-14(11-23-17)13-6-4-3-5-7-13/h3-9,11-12H,10H2,1-2H3,(H,18,22). The SMILES string of the molecule is CNC(=O)C(C)Cn1ccnc1-c1nc(-c2ccccc2)cs1. The number of carbonyl (C=O) groups is 1. The quantitative estimate of drug-likeness (QED) is 0.784. The van der Waals surface area contributed by atoms with Gasteiger partial charge in [-0.25, -0.2) is 9.97 Å². The normalized spacial score (nSPS) is 12.1. The summed E-state index contributed by atoms with van der Waals surface area (Å²) in [6.07, 6.45) is 3.63. The number of hydrogen-bond donors (Lipinski definition) is 1. The average Bonchev–Trinajstić information content (AvgIpc) is 3.23. The van der Waals surface area contributed by atoms with Crippen molar-refractivity contribution in [2.75, 3.05) is 7.05 Å². The van der Waals surface area contributed by atoms with Crippen molar-refractivity contribution in [2.45, 2.75) is 13.5 Å². The molecule has 0 spiro atoms. The van der Waals surface area contributed by atoms with Crippen LogP contribution in [0.3, 0.4) is 0 Å². The number of benzene rings is 1. The van der Waals surface area contributed by atoms with E-state index in [1.807, 2.05) is 53.4 Å². The maximum atomic E-state index is 11.7. The summed E-state index contributed by atoms with van der Waals surface area (Å²) < 4.78 is 1.98. The Morgan fingerprint density at radius 3 is 2.87 bits per heavy atom. The Balaban J connectivity index is 1.85. The van der Waals surface area contributed by atoms with Crippen LogP contribution in [0, 0.1) is 5.92 Å². The van der Waals surface area contributed by atoms with Crippen LogP contribution in [0.2, 0.25) is 0 Å². The van der Waals surface area contributed by atoms with Crippen molar-refractivity contribution in [2.24, 2.45) is 5.92 Å². The molecule has 1 amide bonds. The number of carbonyl (C=O) groups excluding carboxylic acids is 1. The van der Waals surface area contributed by atoms with Gasteiger partial charge in [0, 0.05) is 36.9 Å². The highest BCUT2D eigenvalue weighted by atomic mass is 32.1. The summed E-state index contributed by atoms with van der Waals surface area (Å²) in [4.78, 5) is 20.8. The second kappa shape index (κ2) is 6.75. The van der Waals surface area contributed by atoms with E-state index in [0.29, 0.717) is 6.54 Å². The predicted octanol–water partition coefficient (Wildman–Crippen LogP) is 3.06. The van der Waals surface area contributed by atoms with Crippen molar-refractivity contribution in [1.82, 2.24) is 19.9 Å². The predicted molar refractivity (Wildman–Crippen MR) is 92.0 cm³/mol. The third kappa shape index (κ3) is 3.32. The zero-order valence-corrected chi connectivity index (χ0v) is 13.9. The fourth-order valence-corrected chi connectivity index (χ4v) is 3.24. The van der Waals surface area contributed by atoms with E-state index in [-0.39, 0.29) is 11.8 Å². The molecule has 6 heteroatoms. The van der Waals surface area contributed by atoms with Crippen LogP contribution in [0.5, 0.6) is 0 Å². The lowest BCUT2D eigenvalue weighted by atomic mass is 10.1. The van der Waals surface area contributed by atoms with Gasteiger partial charge in [0.05, 0.1) is 11.6 Å². The minimum absolute atomic E-state index is 0.0220. The third-order valence-corrected chi connectivity index (χ3v) is 4.48. The summed E-state index contributed by atoms with van der Waals surface area (Å²) in [6, 6.07) is 10.1. The van der Waals surface area contributed by atoms with Gasteiger partial charge in [-0.05, 0) is 0 Å². The van der Waals surface area contributed by atoms with E-state index >= 15 is 0 Å². The van der Waals surface area contributed by atoms with Gasteiger partial charge in [-0.1, -0.05) is 37.3 Å². The Labute approximate surface area is 139 Å². The van der Waals surface area contributed by atoms with Crippen LogP contribution >= 0.6 is 11.3 Å². The summed E-state index contributed by atoms with van der Waals surface area (Å²) in [6.45, 7) is 2.48. The number of hydrogen-bond acceptors (Lipinski definition) is 4. The number of amides is 1. The van der Waals surface area contributed by atoms with E-state index in [0.717, 1.165) is 22.1 Å². The molecule has 0 radical (unpaired) electrons. The van der Waals surface area contributed by atoms with Gasteiger partial charge in [0.1, 0.15) is 0 Å². The highest BCUT2D eigenvalue weighted by Gasteiger charge is 2.16. The molecule has 0 aliphatic rings. The molecule has 3 rings (SSSR count). The minimum atomic E-state index is -0.124. The van der Waals surface area contributed by atoms with Gasteiger partial charge in [-0.3, -0.25) is 4.79 Å². The minimum Gasteiger partial charge on any atom is -0.359 e. The van der Waals surface area contributed by atoms with Gasteiger partial charge in [-0.2, -0.15) is 0 Å². The van der Waals surface area contributed by atoms with Gasteiger partial charge < -0.3 is 9.88 Å². The van der Waals surface area contributed by atoms with Crippen LogP contribution in [0.1, 0.15) is 6.92 Å². The molecule has 1 unspecified atom stereocenters. The van der Waals surface area contributed by atoms with E-state index in [2.05, 4.69) is 10.3 Å². The molecule has 118 valence electrons. The van der Waals surface area contributed by atoms with Gasteiger partial charge in [0.25, 0.3) is 0 Å². The Hall–Kier alpha value is -2.47. The molecular weight excluding hydrogens is 308 g/mol. The van der Waals surface area contributed by atoms with Crippen LogP contribution in [0.25, 0.3) is 22.1 Å². The number of thiazole rings is 1. The summed E-state index contributed by atoms with van der Waals surface area (Å²) in [5.41, 5.74) is 2.03. The zero-order chi connectivity index (χ0) is 16.2. The second-order valence-corrected chi connectivity index (χ2v) is 6.18. The molecule has 23 heavy (non-hydrogen) atoms. The maximum Gasteiger partial charge on any atom is 0.224 e. The summed E-state index contributed by atoms with van der Waals surface area (Å²) in [5.74, 6) is 0.697. The fraction of sp³-hybridized carbons (Fsp3) is 0.235. The van der Waals surface area contributed by atoms with E-state index < -0.39 is 0 Å². The average molecular weight is 326 g/mol. The van der Waals surface area contributed by atoms with Crippen molar-refractivity contribution in [3.8, 4) is 22.1 Å². The van der Waals surface area contributed by atoms with Gasteiger partial charge in [-0.15, -0.1) is 11.3 Å². The molecule has 3 aromatic rings. The second-order valence-electron chi connectivity index (χ2n) is 5.32. The fourth-order valence-electron chi connectivity index (χ4n) is 2.40. The first kappa shape index (κ1) is 15.4. The Morgan fingerprint density at radius 2 is 2.13 bits per heavy atom. The van der Waals surface area contributed by atoms with E-state index in [1.165, 1.54) is 0 Å². The molecule has 0 saturated heterocycles. The Morgan fingerprint density at radius 1 is 1.35 bits per heavy atom. The molecule has 1 N–H and O–H groups in total. The summed E-state index contributed by atoms with van der Waals surface area (Å²) in [7, 11) is 1.65. The van der Waals surface area contributed by atoms with Crippen LogP contribution in [-0.4, -0.2) is 27.5 Å². The first-order valence-corrected chi connectivity index (χ1v) is 8.31. The highest BCUT2D eigenvalue weighted by Crippen LogP contribution is 2.28. The van der Waals surface area contributed by atoms with Crippen LogP contribution in [0.4, 0.5) is 0 Å². The molecular formula is C17H18N4OS. The lowest BCUT2D eigenvalue weighted by Crippen LogP contribution is -2.28. The number of rotatable bonds is 5. The topological polar surface area (TPSA) is 59.8 Å². The smallest absolute Gasteiger partial charge is 0.224 e. The molecule has 1 aromatic carbocycles. The lowest BCUT2D eigenvalue weighted by molar-refractivity contribution is -0.124. The number of imidazole rings is 1.